The lowest BCUT2D eigenvalue weighted by atomic mass is 9.76. The first-order chi connectivity index (χ1) is 11.8. The second-order valence-corrected chi connectivity index (χ2v) is 6.38. The van der Waals surface area contributed by atoms with E-state index < -0.39 is 0 Å². The van der Waals surface area contributed by atoms with Crippen molar-refractivity contribution in [1.82, 2.24) is 0 Å². The number of allylic oxidation sites excluding steroid dienone is 2. The van der Waals surface area contributed by atoms with Gasteiger partial charge in [-0.25, -0.2) is 4.79 Å². The molecule has 2 aromatic rings. The van der Waals surface area contributed by atoms with Crippen LogP contribution in [0, 0.1) is 5.92 Å². The minimum Gasteiger partial charge on any atom is -0.462 e. The third-order valence-electron chi connectivity index (χ3n) is 5.05. The summed E-state index contributed by atoms with van der Waals surface area (Å²) in [6, 6.07) is 16.6. The minimum absolute atomic E-state index is 0.203. The zero-order chi connectivity index (χ0) is 16.5. The molecule has 0 aromatic heterocycles. The molecule has 3 heteroatoms. The minimum atomic E-state index is -0.255. The molecule has 24 heavy (non-hydrogen) atoms. The summed E-state index contributed by atoms with van der Waals surface area (Å²) in [5, 5.41) is 3.65. The first-order valence-electron chi connectivity index (χ1n) is 8.57. The number of benzene rings is 2. The summed E-state index contributed by atoms with van der Waals surface area (Å²) < 4.78 is 5.25. The molecule has 1 heterocycles. The maximum atomic E-state index is 12.4. The van der Waals surface area contributed by atoms with E-state index in [0.29, 0.717) is 24.0 Å². The highest BCUT2D eigenvalue weighted by molar-refractivity contribution is 5.97. The predicted octanol–water partition coefficient (Wildman–Crippen LogP) is 4.69. The van der Waals surface area contributed by atoms with E-state index in [9.17, 15) is 4.79 Å². The Morgan fingerprint density at radius 2 is 2.00 bits per heavy atom. The van der Waals surface area contributed by atoms with Gasteiger partial charge < -0.3 is 10.1 Å². The molecular weight excluding hydrogens is 298 g/mol. The molecule has 0 amide bonds. The molecule has 1 N–H and O–H groups in total. The highest BCUT2D eigenvalue weighted by atomic mass is 16.5. The van der Waals surface area contributed by atoms with Gasteiger partial charge >= 0.3 is 5.97 Å². The van der Waals surface area contributed by atoms with E-state index in [4.69, 9.17) is 4.74 Å². The molecule has 0 saturated heterocycles. The number of para-hydroxylation sites is 1. The standard InChI is InChI=1S/C21H21NO2/c1-2-24-21(23)18-13-7-12-17-15-10-6-11-16(15)19(22-20(17)18)14-8-4-3-5-9-14/h3-10,12-13,15-16,19,22H,2,11H2,1H3/t15-,16+,19+/m1/s1. The van der Waals surface area contributed by atoms with Gasteiger partial charge in [-0.1, -0.05) is 54.6 Å². The van der Waals surface area contributed by atoms with Crippen LogP contribution in [-0.4, -0.2) is 12.6 Å². The predicted molar refractivity (Wildman–Crippen MR) is 95.2 cm³/mol. The fourth-order valence-corrected chi connectivity index (χ4v) is 3.99. The van der Waals surface area contributed by atoms with Crippen LogP contribution in [0.25, 0.3) is 0 Å². The van der Waals surface area contributed by atoms with Crippen molar-refractivity contribution in [1.29, 1.82) is 0 Å². The highest BCUT2D eigenvalue weighted by Gasteiger charge is 2.39. The van der Waals surface area contributed by atoms with Crippen molar-refractivity contribution >= 4 is 11.7 Å². The lowest BCUT2D eigenvalue weighted by Crippen LogP contribution is -2.30. The number of nitrogens with one attached hydrogen (secondary N) is 1. The van der Waals surface area contributed by atoms with E-state index >= 15 is 0 Å². The quantitative estimate of drug-likeness (QED) is 0.659. The van der Waals surface area contributed by atoms with Crippen molar-refractivity contribution in [3.05, 3.63) is 77.4 Å². The Morgan fingerprint density at radius 3 is 2.79 bits per heavy atom. The molecule has 0 fully saturated rings. The van der Waals surface area contributed by atoms with Gasteiger partial charge in [0.05, 0.1) is 23.9 Å². The van der Waals surface area contributed by atoms with Gasteiger partial charge in [0.1, 0.15) is 0 Å². The number of esters is 1. The van der Waals surface area contributed by atoms with Gasteiger partial charge in [-0.15, -0.1) is 0 Å². The van der Waals surface area contributed by atoms with E-state index in [1.54, 1.807) is 0 Å². The first-order valence-corrected chi connectivity index (χ1v) is 8.57. The van der Waals surface area contributed by atoms with Crippen LogP contribution >= 0.6 is 0 Å². The van der Waals surface area contributed by atoms with Crippen molar-refractivity contribution in [3.8, 4) is 0 Å². The summed E-state index contributed by atoms with van der Waals surface area (Å²) >= 11 is 0. The molecule has 2 aliphatic rings. The van der Waals surface area contributed by atoms with E-state index in [-0.39, 0.29) is 12.0 Å². The Hall–Kier alpha value is -2.55. The summed E-state index contributed by atoms with van der Waals surface area (Å²) in [7, 11) is 0. The summed E-state index contributed by atoms with van der Waals surface area (Å²) in [5.41, 5.74) is 4.03. The van der Waals surface area contributed by atoms with Crippen LogP contribution in [0.5, 0.6) is 0 Å². The van der Waals surface area contributed by atoms with E-state index in [1.165, 1.54) is 11.1 Å². The van der Waals surface area contributed by atoms with Crippen molar-refractivity contribution in [2.45, 2.75) is 25.3 Å². The normalized spacial score (nSPS) is 24.0. The maximum absolute atomic E-state index is 12.4. The maximum Gasteiger partial charge on any atom is 0.340 e. The largest absolute Gasteiger partial charge is 0.462 e. The molecule has 0 radical (unpaired) electrons. The Morgan fingerprint density at radius 1 is 1.17 bits per heavy atom. The van der Waals surface area contributed by atoms with E-state index in [1.807, 2.05) is 25.1 Å². The molecule has 3 nitrogen and oxygen atoms in total. The number of fused-ring (bicyclic) bond motifs is 3. The summed E-state index contributed by atoms with van der Waals surface area (Å²) in [5.74, 6) is 0.576. The summed E-state index contributed by atoms with van der Waals surface area (Å²) in [6.45, 7) is 2.22. The number of carbonyl (C=O) groups excluding carboxylic acids is 1. The van der Waals surface area contributed by atoms with Crippen molar-refractivity contribution in [2.24, 2.45) is 5.92 Å². The van der Waals surface area contributed by atoms with Gasteiger partial charge in [-0.3, -0.25) is 0 Å². The van der Waals surface area contributed by atoms with Crippen LogP contribution in [0.2, 0.25) is 0 Å². The molecule has 122 valence electrons. The molecule has 2 aromatic carbocycles. The van der Waals surface area contributed by atoms with Crippen LogP contribution in [0.1, 0.15) is 46.8 Å². The lowest BCUT2D eigenvalue weighted by molar-refractivity contribution is 0.0527. The van der Waals surface area contributed by atoms with Crippen LogP contribution in [0.3, 0.4) is 0 Å². The van der Waals surface area contributed by atoms with E-state index in [0.717, 1.165) is 12.1 Å². The Bertz CT molecular complexity index is 782. The molecule has 1 aliphatic carbocycles. The molecule has 0 saturated carbocycles. The third-order valence-corrected chi connectivity index (χ3v) is 5.05. The molecule has 4 rings (SSSR count). The number of hydrogen-bond donors (Lipinski definition) is 1. The fraction of sp³-hybridized carbons (Fsp3) is 0.286. The second kappa shape index (κ2) is 6.16. The number of ether oxygens (including phenoxy) is 1. The monoisotopic (exact) mass is 319 g/mol. The van der Waals surface area contributed by atoms with Gasteiger partial charge in [0, 0.05) is 5.92 Å². The topological polar surface area (TPSA) is 38.3 Å². The summed E-state index contributed by atoms with van der Waals surface area (Å²) in [4.78, 5) is 12.4. The van der Waals surface area contributed by atoms with Crippen LogP contribution in [-0.2, 0) is 4.74 Å². The first kappa shape index (κ1) is 15.0. The zero-order valence-corrected chi connectivity index (χ0v) is 13.7. The SMILES string of the molecule is CCOC(=O)c1cccc2c1N[C@@H](c1ccccc1)[C@H]1CC=C[C@@H]21. The fourth-order valence-electron chi connectivity index (χ4n) is 3.99. The Labute approximate surface area is 142 Å². The van der Waals surface area contributed by atoms with Crippen LogP contribution in [0.15, 0.2) is 60.7 Å². The molecule has 1 aliphatic heterocycles. The highest BCUT2D eigenvalue weighted by Crippen LogP contribution is 2.50. The molecule has 0 bridgehead atoms. The summed E-state index contributed by atoms with van der Waals surface area (Å²) in [6.07, 6.45) is 5.61. The molecule has 0 unspecified atom stereocenters. The van der Waals surface area contributed by atoms with Crippen molar-refractivity contribution < 1.29 is 9.53 Å². The second-order valence-electron chi connectivity index (χ2n) is 6.38. The lowest BCUT2D eigenvalue weighted by Gasteiger charge is -2.38. The zero-order valence-electron chi connectivity index (χ0n) is 13.7. The number of rotatable bonds is 3. The Kier molecular flexibility index (Phi) is 3.85. The molecule has 3 atom stereocenters. The van der Waals surface area contributed by atoms with Gasteiger partial charge in [0.25, 0.3) is 0 Å². The van der Waals surface area contributed by atoms with Gasteiger partial charge in [-0.05, 0) is 36.5 Å². The Balaban J connectivity index is 1.80. The number of anilines is 1. The average molecular weight is 319 g/mol. The average Bonchev–Trinajstić information content (AvgIpc) is 3.11. The number of carbonyl (C=O) groups is 1. The van der Waals surface area contributed by atoms with Crippen LogP contribution < -0.4 is 5.32 Å². The van der Waals surface area contributed by atoms with Crippen molar-refractivity contribution in [3.63, 3.8) is 0 Å². The van der Waals surface area contributed by atoms with Crippen molar-refractivity contribution in [2.75, 3.05) is 11.9 Å². The molecule has 0 spiro atoms. The van der Waals surface area contributed by atoms with Gasteiger partial charge in [0.2, 0.25) is 0 Å². The van der Waals surface area contributed by atoms with E-state index in [2.05, 4.69) is 47.8 Å². The smallest absolute Gasteiger partial charge is 0.340 e. The van der Waals surface area contributed by atoms with Crippen LogP contribution in [0.4, 0.5) is 5.69 Å². The molecular formula is C21H21NO2. The van der Waals surface area contributed by atoms with Gasteiger partial charge in [0.15, 0.2) is 0 Å². The number of hydrogen-bond acceptors (Lipinski definition) is 3. The third kappa shape index (κ3) is 2.41. The van der Waals surface area contributed by atoms with Gasteiger partial charge in [-0.2, -0.15) is 0 Å².